The van der Waals surface area contributed by atoms with E-state index in [-0.39, 0.29) is 11.8 Å². The summed E-state index contributed by atoms with van der Waals surface area (Å²) in [6.45, 7) is 0. The fourth-order valence-corrected chi connectivity index (χ4v) is 3.22. The Bertz CT molecular complexity index is 690. The zero-order valence-electron chi connectivity index (χ0n) is 14.3. The van der Waals surface area contributed by atoms with Gasteiger partial charge in [0, 0.05) is 24.1 Å². The van der Waals surface area contributed by atoms with Crippen LogP contribution in [0.5, 0.6) is 5.75 Å². The van der Waals surface area contributed by atoms with Crippen molar-refractivity contribution in [3.05, 3.63) is 65.7 Å². The Hall–Kier alpha value is -2.47. The lowest BCUT2D eigenvalue weighted by atomic mass is 10.2. The van der Waals surface area contributed by atoms with Gasteiger partial charge in [-0.3, -0.25) is 9.59 Å². The number of hydrogen-bond acceptors (Lipinski definition) is 4. The van der Waals surface area contributed by atoms with Crippen LogP contribution in [-0.4, -0.2) is 37.8 Å². The molecule has 0 aliphatic carbocycles. The van der Waals surface area contributed by atoms with Gasteiger partial charge in [0.1, 0.15) is 11.8 Å². The van der Waals surface area contributed by atoms with Crippen molar-refractivity contribution < 1.29 is 14.3 Å². The van der Waals surface area contributed by atoms with Crippen LogP contribution >= 0.6 is 11.8 Å². The number of methoxy groups -OCH3 is 1. The van der Waals surface area contributed by atoms with Crippen LogP contribution in [0.3, 0.4) is 0 Å². The molecule has 6 heteroatoms. The third-order valence-corrected chi connectivity index (χ3v) is 4.72. The summed E-state index contributed by atoms with van der Waals surface area (Å²) >= 11 is 1.59. The Labute approximate surface area is 152 Å². The van der Waals surface area contributed by atoms with Crippen LogP contribution in [-0.2, 0) is 10.5 Å². The summed E-state index contributed by atoms with van der Waals surface area (Å²) < 4.78 is 5.14. The van der Waals surface area contributed by atoms with Gasteiger partial charge < -0.3 is 15.4 Å². The molecule has 2 rings (SSSR count). The second kappa shape index (κ2) is 9.74. The number of likely N-dealkylation sites (N-methyl/N-ethyl adjacent to an activating group) is 1. The minimum atomic E-state index is -0.582. The van der Waals surface area contributed by atoms with E-state index in [1.807, 2.05) is 30.3 Å². The molecule has 2 amide bonds. The van der Waals surface area contributed by atoms with Crippen molar-refractivity contribution in [2.24, 2.45) is 0 Å². The van der Waals surface area contributed by atoms with Gasteiger partial charge in [-0.2, -0.15) is 11.8 Å². The normalized spacial score (nSPS) is 11.4. The Kier molecular flexibility index (Phi) is 7.35. The summed E-state index contributed by atoms with van der Waals surface area (Å²) in [7, 11) is 3.20. The lowest BCUT2D eigenvalue weighted by Crippen LogP contribution is -2.47. The number of thioether (sulfide) groups is 1. The van der Waals surface area contributed by atoms with E-state index in [9.17, 15) is 9.59 Å². The second-order valence-corrected chi connectivity index (χ2v) is 6.40. The number of rotatable bonds is 8. The van der Waals surface area contributed by atoms with Crippen molar-refractivity contribution in [2.45, 2.75) is 11.8 Å². The SMILES string of the molecule is CNC(=O)[C@H](CSCc1ccc(OC)cc1)NC(=O)c1ccccc1. The van der Waals surface area contributed by atoms with Crippen LogP contribution in [0.2, 0.25) is 0 Å². The third kappa shape index (κ3) is 5.83. The van der Waals surface area contributed by atoms with Crippen LogP contribution in [0, 0.1) is 0 Å². The molecule has 5 nitrogen and oxygen atoms in total. The highest BCUT2D eigenvalue weighted by atomic mass is 32.2. The summed E-state index contributed by atoms with van der Waals surface area (Å²) in [5, 5.41) is 5.40. The van der Waals surface area contributed by atoms with E-state index >= 15 is 0 Å². The fourth-order valence-electron chi connectivity index (χ4n) is 2.20. The Balaban J connectivity index is 1.91. The molecular weight excluding hydrogens is 336 g/mol. The highest BCUT2D eigenvalue weighted by Gasteiger charge is 2.20. The molecule has 0 aliphatic rings. The average Bonchev–Trinajstić information content (AvgIpc) is 2.67. The Morgan fingerprint density at radius 2 is 1.76 bits per heavy atom. The van der Waals surface area contributed by atoms with Crippen molar-refractivity contribution in [1.82, 2.24) is 10.6 Å². The first kappa shape index (κ1) is 18.9. The number of amides is 2. The molecule has 2 N–H and O–H groups in total. The van der Waals surface area contributed by atoms with Crippen molar-refractivity contribution in [3.8, 4) is 5.75 Å². The van der Waals surface area contributed by atoms with Gasteiger partial charge in [0.15, 0.2) is 0 Å². The fraction of sp³-hybridized carbons (Fsp3) is 0.263. The molecule has 132 valence electrons. The predicted molar refractivity (Wildman–Crippen MR) is 101 cm³/mol. The van der Waals surface area contributed by atoms with Gasteiger partial charge in [-0.15, -0.1) is 0 Å². The van der Waals surface area contributed by atoms with Crippen LogP contribution in [0.25, 0.3) is 0 Å². The molecule has 0 saturated heterocycles. The standard InChI is InChI=1S/C19H22N2O3S/c1-20-19(23)17(21-18(22)15-6-4-3-5-7-15)13-25-12-14-8-10-16(24-2)11-9-14/h3-11,17H,12-13H2,1-2H3,(H,20,23)(H,21,22)/t17-/m0/s1. The molecule has 2 aromatic carbocycles. The maximum atomic E-state index is 12.3. The summed E-state index contributed by atoms with van der Waals surface area (Å²) in [4.78, 5) is 24.3. The molecule has 0 fully saturated rings. The van der Waals surface area contributed by atoms with E-state index in [1.165, 1.54) is 0 Å². The molecule has 1 atom stereocenters. The van der Waals surface area contributed by atoms with Gasteiger partial charge in [-0.1, -0.05) is 30.3 Å². The predicted octanol–water partition coefficient (Wildman–Crippen LogP) is 2.47. The van der Waals surface area contributed by atoms with Gasteiger partial charge in [-0.25, -0.2) is 0 Å². The maximum absolute atomic E-state index is 12.3. The molecule has 25 heavy (non-hydrogen) atoms. The summed E-state index contributed by atoms with van der Waals surface area (Å²) in [6, 6.07) is 16.1. The van der Waals surface area contributed by atoms with Crippen LogP contribution in [0.4, 0.5) is 0 Å². The summed E-state index contributed by atoms with van der Waals surface area (Å²) in [5.41, 5.74) is 1.67. The van der Waals surface area contributed by atoms with Crippen molar-refractivity contribution in [2.75, 3.05) is 19.9 Å². The quantitative estimate of drug-likeness (QED) is 0.761. The molecule has 0 heterocycles. The average molecular weight is 358 g/mol. The first-order valence-corrected chi connectivity index (χ1v) is 9.07. The lowest BCUT2D eigenvalue weighted by Gasteiger charge is -2.17. The van der Waals surface area contributed by atoms with E-state index in [0.717, 1.165) is 17.1 Å². The molecule has 2 aromatic rings. The van der Waals surface area contributed by atoms with E-state index in [0.29, 0.717) is 11.3 Å². The third-order valence-electron chi connectivity index (χ3n) is 3.62. The number of carbonyl (C=O) groups excluding carboxylic acids is 2. The molecule has 0 unspecified atom stereocenters. The van der Waals surface area contributed by atoms with Crippen molar-refractivity contribution >= 4 is 23.6 Å². The molecule has 0 aliphatic heterocycles. The Morgan fingerprint density at radius 3 is 2.36 bits per heavy atom. The van der Waals surface area contributed by atoms with Gasteiger partial charge >= 0.3 is 0 Å². The maximum Gasteiger partial charge on any atom is 0.251 e. The summed E-state index contributed by atoms with van der Waals surface area (Å²) in [5.74, 6) is 1.60. The monoisotopic (exact) mass is 358 g/mol. The lowest BCUT2D eigenvalue weighted by molar-refractivity contribution is -0.121. The van der Waals surface area contributed by atoms with Crippen LogP contribution in [0.1, 0.15) is 15.9 Å². The molecule has 0 saturated carbocycles. The topological polar surface area (TPSA) is 67.4 Å². The minimum absolute atomic E-state index is 0.202. The van der Waals surface area contributed by atoms with Gasteiger partial charge in [0.05, 0.1) is 7.11 Å². The van der Waals surface area contributed by atoms with E-state index in [1.54, 1.807) is 50.2 Å². The zero-order chi connectivity index (χ0) is 18.1. The first-order chi connectivity index (χ1) is 12.1. The number of ether oxygens (including phenoxy) is 1. The second-order valence-electron chi connectivity index (χ2n) is 5.37. The van der Waals surface area contributed by atoms with E-state index in [2.05, 4.69) is 10.6 Å². The van der Waals surface area contributed by atoms with Gasteiger partial charge in [0.25, 0.3) is 5.91 Å². The van der Waals surface area contributed by atoms with Gasteiger partial charge in [0.2, 0.25) is 5.91 Å². The van der Waals surface area contributed by atoms with E-state index < -0.39 is 6.04 Å². The van der Waals surface area contributed by atoms with Crippen molar-refractivity contribution in [3.63, 3.8) is 0 Å². The number of carbonyl (C=O) groups is 2. The molecule has 0 aromatic heterocycles. The van der Waals surface area contributed by atoms with Gasteiger partial charge in [-0.05, 0) is 29.8 Å². The number of hydrogen-bond donors (Lipinski definition) is 2. The highest BCUT2D eigenvalue weighted by Crippen LogP contribution is 2.17. The smallest absolute Gasteiger partial charge is 0.251 e. The van der Waals surface area contributed by atoms with E-state index in [4.69, 9.17) is 4.74 Å². The largest absolute Gasteiger partial charge is 0.497 e. The van der Waals surface area contributed by atoms with Crippen LogP contribution in [0.15, 0.2) is 54.6 Å². The number of benzene rings is 2. The zero-order valence-corrected chi connectivity index (χ0v) is 15.1. The number of nitrogens with one attached hydrogen (secondary N) is 2. The Morgan fingerprint density at radius 1 is 1.08 bits per heavy atom. The minimum Gasteiger partial charge on any atom is -0.497 e. The molecular formula is C19H22N2O3S. The molecule has 0 spiro atoms. The van der Waals surface area contributed by atoms with Crippen molar-refractivity contribution in [1.29, 1.82) is 0 Å². The van der Waals surface area contributed by atoms with Crippen LogP contribution < -0.4 is 15.4 Å². The summed E-state index contributed by atoms with van der Waals surface area (Å²) in [6.07, 6.45) is 0. The highest BCUT2D eigenvalue weighted by molar-refractivity contribution is 7.98. The first-order valence-electron chi connectivity index (χ1n) is 7.92. The molecule has 0 bridgehead atoms. The molecule has 0 radical (unpaired) electrons.